The molecule has 0 saturated heterocycles. The van der Waals surface area contributed by atoms with Gasteiger partial charge in [-0.25, -0.2) is 4.39 Å². The summed E-state index contributed by atoms with van der Waals surface area (Å²) in [6, 6.07) is 13.3. The Kier molecular flexibility index (Phi) is 5.58. The van der Waals surface area contributed by atoms with Crippen LogP contribution in [0.5, 0.6) is 11.5 Å². The van der Waals surface area contributed by atoms with Crippen LogP contribution in [0.2, 0.25) is 0 Å². The van der Waals surface area contributed by atoms with Crippen LogP contribution in [-0.2, 0) is 0 Å². The molecule has 1 N–H and O–H groups in total. The van der Waals surface area contributed by atoms with E-state index in [2.05, 4.69) is 0 Å². The van der Waals surface area contributed by atoms with Crippen molar-refractivity contribution in [3.63, 3.8) is 0 Å². The van der Waals surface area contributed by atoms with Gasteiger partial charge in [-0.3, -0.25) is 0 Å². The standard InChI is InChI=1S/C17H19FO3/c1-2-11-20-14-9-7-13(8-10-14)16(19)12-21-17-6-4-3-5-15(17)18/h3-10,16,19H,2,11-12H2,1H3. The average Bonchev–Trinajstić information content (AvgIpc) is 2.52. The first kappa shape index (κ1) is 15.3. The molecule has 0 aromatic heterocycles. The zero-order chi connectivity index (χ0) is 15.1. The molecule has 0 bridgehead atoms. The SMILES string of the molecule is CCCOc1ccc(C(O)COc2ccccc2F)cc1. The van der Waals surface area contributed by atoms with E-state index in [-0.39, 0.29) is 12.4 Å². The van der Waals surface area contributed by atoms with Gasteiger partial charge in [-0.1, -0.05) is 31.2 Å². The minimum atomic E-state index is -0.815. The Morgan fingerprint density at radius 3 is 2.43 bits per heavy atom. The highest BCUT2D eigenvalue weighted by molar-refractivity contribution is 5.29. The van der Waals surface area contributed by atoms with Gasteiger partial charge < -0.3 is 14.6 Å². The molecule has 21 heavy (non-hydrogen) atoms. The van der Waals surface area contributed by atoms with Crippen LogP contribution in [0, 0.1) is 5.82 Å². The van der Waals surface area contributed by atoms with E-state index in [1.165, 1.54) is 12.1 Å². The van der Waals surface area contributed by atoms with E-state index in [0.717, 1.165) is 12.2 Å². The predicted octanol–water partition coefficient (Wildman–Crippen LogP) is 3.73. The number of para-hydroxylation sites is 1. The summed E-state index contributed by atoms with van der Waals surface area (Å²) in [7, 11) is 0. The van der Waals surface area contributed by atoms with Crippen molar-refractivity contribution in [1.82, 2.24) is 0 Å². The minimum Gasteiger partial charge on any atom is -0.494 e. The molecule has 2 rings (SSSR count). The summed E-state index contributed by atoms with van der Waals surface area (Å²) in [5.41, 5.74) is 0.704. The van der Waals surface area contributed by atoms with Gasteiger partial charge in [-0.15, -0.1) is 0 Å². The zero-order valence-electron chi connectivity index (χ0n) is 12.0. The molecule has 3 nitrogen and oxygen atoms in total. The maximum absolute atomic E-state index is 13.4. The van der Waals surface area contributed by atoms with Crippen LogP contribution >= 0.6 is 0 Å². The maximum Gasteiger partial charge on any atom is 0.165 e. The lowest BCUT2D eigenvalue weighted by Crippen LogP contribution is -2.10. The average molecular weight is 290 g/mol. The quantitative estimate of drug-likeness (QED) is 0.844. The van der Waals surface area contributed by atoms with E-state index in [0.29, 0.717) is 12.2 Å². The molecule has 0 aliphatic heterocycles. The number of hydrogen-bond acceptors (Lipinski definition) is 3. The molecule has 112 valence electrons. The van der Waals surface area contributed by atoms with Gasteiger partial charge in [0.2, 0.25) is 0 Å². The van der Waals surface area contributed by atoms with Crippen molar-refractivity contribution < 1.29 is 19.0 Å². The third kappa shape index (κ3) is 4.46. The van der Waals surface area contributed by atoms with Gasteiger partial charge in [0.25, 0.3) is 0 Å². The van der Waals surface area contributed by atoms with Crippen LogP contribution in [0.25, 0.3) is 0 Å². The van der Waals surface area contributed by atoms with Gasteiger partial charge >= 0.3 is 0 Å². The summed E-state index contributed by atoms with van der Waals surface area (Å²) in [4.78, 5) is 0. The second-order valence-electron chi connectivity index (χ2n) is 4.67. The third-order valence-corrected chi connectivity index (χ3v) is 2.97. The van der Waals surface area contributed by atoms with Crippen LogP contribution in [0.4, 0.5) is 4.39 Å². The fraction of sp³-hybridized carbons (Fsp3) is 0.294. The van der Waals surface area contributed by atoms with E-state index < -0.39 is 11.9 Å². The van der Waals surface area contributed by atoms with E-state index in [1.54, 1.807) is 36.4 Å². The molecule has 0 amide bonds. The van der Waals surface area contributed by atoms with Crippen LogP contribution in [0.3, 0.4) is 0 Å². The minimum absolute atomic E-state index is 0.00387. The Bertz CT molecular complexity index is 554. The van der Waals surface area contributed by atoms with Crippen LogP contribution in [-0.4, -0.2) is 18.3 Å². The molecule has 2 aromatic rings. The largest absolute Gasteiger partial charge is 0.494 e. The molecular weight excluding hydrogens is 271 g/mol. The van der Waals surface area contributed by atoms with Crippen molar-refractivity contribution in [2.24, 2.45) is 0 Å². The van der Waals surface area contributed by atoms with E-state index in [4.69, 9.17) is 9.47 Å². The summed E-state index contributed by atoms with van der Waals surface area (Å²) in [6.45, 7) is 2.70. The van der Waals surface area contributed by atoms with Crippen LogP contribution in [0.1, 0.15) is 25.0 Å². The summed E-state index contributed by atoms with van der Waals surface area (Å²) in [5.74, 6) is 0.468. The maximum atomic E-state index is 13.4. The highest BCUT2D eigenvalue weighted by Crippen LogP contribution is 2.21. The van der Waals surface area contributed by atoms with Crippen LogP contribution in [0.15, 0.2) is 48.5 Å². The fourth-order valence-corrected chi connectivity index (χ4v) is 1.83. The number of aliphatic hydroxyl groups excluding tert-OH is 1. The molecule has 0 aliphatic carbocycles. The molecule has 1 atom stereocenters. The summed E-state index contributed by atoms with van der Waals surface area (Å²) in [5, 5.41) is 10.1. The second-order valence-corrected chi connectivity index (χ2v) is 4.67. The van der Waals surface area contributed by atoms with E-state index >= 15 is 0 Å². The Hall–Kier alpha value is -2.07. The molecule has 0 fully saturated rings. The number of ether oxygens (including phenoxy) is 2. The van der Waals surface area contributed by atoms with Crippen molar-refractivity contribution in [3.8, 4) is 11.5 Å². The summed E-state index contributed by atoms with van der Waals surface area (Å²) < 4.78 is 24.2. The van der Waals surface area contributed by atoms with Gasteiger partial charge in [-0.2, -0.15) is 0 Å². The first-order valence-electron chi connectivity index (χ1n) is 6.99. The Morgan fingerprint density at radius 2 is 1.76 bits per heavy atom. The molecule has 2 aromatic carbocycles. The molecule has 1 unspecified atom stereocenters. The van der Waals surface area contributed by atoms with Gasteiger partial charge in [0, 0.05) is 0 Å². The number of benzene rings is 2. The lowest BCUT2D eigenvalue weighted by molar-refractivity contribution is 0.106. The molecule has 0 saturated carbocycles. The molecule has 0 aliphatic rings. The van der Waals surface area contributed by atoms with Gasteiger partial charge in [0.1, 0.15) is 18.5 Å². The number of hydrogen-bond donors (Lipinski definition) is 1. The molecule has 0 heterocycles. The molecular formula is C17H19FO3. The number of halogens is 1. The highest BCUT2D eigenvalue weighted by atomic mass is 19.1. The highest BCUT2D eigenvalue weighted by Gasteiger charge is 2.10. The first-order chi connectivity index (χ1) is 10.2. The van der Waals surface area contributed by atoms with Crippen molar-refractivity contribution in [3.05, 3.63) is 59.9 Å². The van der Waals surface area contributed by atoms with Gasteiger partial charge in [0.15, 0.2) is 11.6 Å². The lowest BCUT2D eigenvalue weighted by Gasteiger charge is -2.13. The molecule has 0 radical (unpaired) electrons. The first-order valence-corrected chi connectivity index (χ1v) is 6.99. The monoisotopic (exact) mass is 290 g/mol. The van der Waals surface area contributed by atoms with E-state index in [1.807, 2.05) is 6.92 Å². The van der Waals surface area contributed by atoms with Crippen molar-refractivity contribution in [1.29, 1.82) is 0 Å². The fourth-order valence-electron chi connectivity index (χ4n) is 1.83. The van der Waals surface area contributed by atoms with Gasteiger partial charge in [-0.05, 0) is 36.2 Å². The Morgan fingerprint density at radius 1 is 1.05 bits per heavy atom. The van der Waals surface area contributed by atoms with Gasteiger partial charge in [0.05, 0.1) is 6.61 Å². The smallest absolute Gasteiger partial charge is 0.165 e. The zero-order valence-corrected chi connectivity index (χ0v) is 12.0. The number of rotatable bonds is 7. The molecule has 4 heteroatoms. The normalized spacial score (nSPS) is 12.0. The topological polar surface area (TPSA) is 38.7 Å². The second kappa shape index (κ2) is 7.64. The molecule has 0 spiro atoms. The summed E-state index contributed by atoms with van der Waals surface area (Å²) in [6.07, 6.45) is 0.130. The van der Waals surface area contributed by atoms with Crippen molar-refractivity contribution >= 4 is 0 Å². The number of aliphatic hydroxyl groups is 1. The third-order valence-electron chi connectivity index (χ3n) is 2.97. The predicted molar refractivity (Wildman–Crippen MR) is 79.1 cm³/mol. The van der Waals surface area contributed by atoms with Crippen LogP contribution < -0.4 is 9.47 Å². The lowest BCUT2D eigenvalue weighted by atomic mass is 10.1. The van der Waals surface area contributed by atoms with Crippen molar-refractivity contribution in [2.75, 3.05) is 13.2 Å². The Balaban J connectivity index is 1.91. The van der Waals surface area contributed by atoms with Crippen molar-refractivity contribution in [2.45, 2.75) is 19.4 Å². The summed E-state index contributed by atoms with van der Waals surface area (Å²) >= 11 is 0. The van der Waals surface area contributed by atoms with E-state index in [9.17, 15) is 9.50 Å². The Labute approximate surface area is 124 Å².